The number of aliphatic carboxylic acids is 1. The highest BCUT2D eigenvalue weighted by Gasteiger charge is 2.32. The summed E-state index contributed by atoms with van der Waals surface area (Å²) >= 11 is 0. The van der Waals surface area contributed by atoms with E-state index in [1.807, 2.05) is 0 Å². The number of ether oxygens (including phenoxy) is 1. The molecule has 1 atom stereocenters. The smallest absolute Gasteiger partial charge is 0.323 e. The van der Waals surface area contributed by atoms with Crippen molar-refractivity contribution in [3.8, 4) is 0 Å². The third-order valence-corrected chi connectivity index (χ3v) is 3.94. The maximum Gasteiger partial charge on any atom is 0.323 e. The van der Waals surface area contributed by atoms with E-state index in [9.17, 15) is 14.4 Å². The zero-order chi connectivity index (χ0) is 15.4. The van der Waals surface area contributed by atoms with Gasteiger partial charge in [0.1, 0.15) is 6.04 Å². The molecule has 2 amide bonds. The second-order valence-electron chi connectivity index (χ2n) is 5.29. The predicted molar refractivity (Wildman–Crippen MR) is 72.6 cm³/mol. The Labute approximate surface area is 123 Å². The average molecular weight is 299 g/mol. The first kappa shape index (κ1) is 15.7. The van der Waals surface area contributed by atoms with E-state index in [1.54, 1.807) is 14.7 Å². The van der Waals surface area contributed by atoms with Gasteiger partial charge in [0.2, 0.25) is 11.8 Å². The summed E-state index contributed by atoms with van der Waals surface area (Å²) in [6.45, 7) is 4.66. The molecule has 0 spiro atoms. The number of carbonyl (C=O) groups excluding carboxylic acids is 2. The van der Waals surface area contributed by atoms with Gasteiger partial charge in [0.15, 0.2) is 0 Å². The lowest BCUT2D eigenvalue weighted by atomic mass is 10.2. The van der Waals surface area contributed by atoms with Crippen LogP contribution in [0.5, 0.6) is 0 Å². The van der Waals surface area contributed by atoms with Crippen LogP contribution in [0.25, 0.3) is 0 Å². The summed E-state index contributed by atoms with van der Waals surface area (Å²) in [4.78, 5) is 39.7. The van der Waals surface area contributed by atoms with Crippen molar-refractivity contribution in [1.82, 2.24) is 14.7 Å². The fourth-order valence-electron chi connectivity index (χ4n) is 2.60. The maximum atomic E-state index is 12.3. The molecule has 0 aliphatic carbocycles. The molecule has 2 aliphatic heterocycles. The van der Waals surface area contributed by atoms with Gasteiger partial charge in [-0.05, 0) is 0 Å². The number of piperazine rings is 1. The number of morpholine rings is 1. The molecule has 2 aliphatic rings. The highest BCUT2D eigenvalue weighted by molar-refractivity contribution is 5.80. The molecule has 21 heavy (non-hydrogen) atoms. The minimum atomic E-state index is -0.969. The molecule has 2 heterocycles. The van der Waals surface area contributed by atoms with Gasteiger partial charge in [-0.1, -0.05) is 0 Å². The van der Waals surface area contributed by atoms with Crippen molar-refractivity contribution in [2.24, 2.45) is 0 Å². The van der Waals surface area contributed by atoms with Gasteiger partial charge in [-0.2, -0.15) is 0 Å². The molecule has 0 aromatic carbocycles. The SMILES string of the molecule is CC(=O)N1CCN(C(=O)CN2CCOCC2C(=O)O)CC1. The zero-order valence-corrected chi connectivity index (χ0v) is 12.2. The number of carbonyl (C=O) groups is 3. The molecule has 118 valence electrons. The van der Waals surface area contributed by atoms with Crippen LogP contribution in [0.4, 0.5) is 0 Å². The van der Waals surface area contributed by atoms with E-state index in [-0.39, 0.29) is 25.0 Å². The van der Waals surface area contributed by atoms with Crippen LogP contribution in [0.2, 0.25) is 0 Å². The quantitative estimate of drug-likeness (QED) is 0.679. The van der Waals surface area contributed by atoms with E-state index in [2.05, 4.69) is 0 Å². The molecule has 0 saturated carbocycles. The van der Waals surface area contributed by atoms with E-state index in [0.717, 1.165) is 0 Å². The van der Waals surface area contributed by atoms with E-state index in [4.69, 9.17) is 9.84 Å². The average Bonchev–Trinajstić information content (AvgIpc) is 2.47. The van der Waals surface area contributed by atoms with Crippen molar-refractivity contribution in [3.63, 3.8) is 0 Å². The molecular weight excluding hydrogens is 278 g/mol. The van der Waals surface area contributed by atoms with Crippen molar-refractivity contribution in [3.05, 3.63) is 0 Å². The number of nitrogens with zero attached hydrogens (tertiary/aromatic N) is 3. The lowest BCUT2D eigenvalue weighted by molar-refractivity contribution is -0.152. The van der Waals surface area contributed by atoms with Crippen molar-refractivity contribution >= 4 is 17.8 Å². The van der Waals surface area contributed by atoms with E-state index in [0.29, 0.717) is 39.3 Å². The van der Waals surface area contributed by atoms with Crippen LogP contribution >= 0.6 is 0 Å². The topological polar surface area (TPSA) is 90.4 Å². The van der Waals surface area contributed by atoms with Crippen molar-refractivity contribution in [2.75, 3.05) is 52.5 Å². The maximum absolute atomic E-state index is 12.3. The molecule has 1 N–H and O–H groups in total. The minimum Gasteiger partial charge on any atom is -0.480 e. The Kier molecular flexibility index (Phi) is 5.13. The molecule has 8 heteroatoms. The number of hydrogen-bond donors (Lipinski definition) is 1. The second-order valence-corrected chi connectivity index (χ2v) is 5.29. The van der Waals surface area contributed by atoms with Crippen LogP contribution in [0.1, 0.15) is 6.92 Å². The Morgan fingerprint density at radius 1 is 1.10 bits per heavy atom. The summed E-state index contributed by atoms with van der Waals surface area (Å²) in [5, 5.41) is 9.14. The summed E-state index contributed by atoms with van der Waals surface area (Å²) in [5.41, 5.74) is 0. The Morgan fingerprint density at radius 2 is 1.71 bits per heavy atom. The second kappa shape index (κ2) is 6.86. The van der Waals surface area contributed by atoms with Gasteiger partial charge in [-0.3, -0.25) is 19.3 Å². The van der Waals surface area contributed by atoms with E-state index < -0.39 is 12.0 Å². The van der Waals surface area contributed by atoms with Gasteiger partial charge in [-0.25, -0.2) is 0 Å². The largest absolute Gasteiger partial charge is 0.480 e. The number of hydrogen-bond acceptors (Lipinski definition) is 5. The summed E-state index contributed by atoms with van der Waals surface area (Å²) in [7, 11) is 0. The summed E-state index contributed by atoms with van der Waals surface area (Å²) in [6.07, 6.45) is 0. The number of carboxylic acids is 1. The van der Waals surface area contributed by atoms with Crippen molar-refractivity contribution in [2.45, 2.75) is 13.0 Å². The molecule has 2 rings (SSSR count). The molecule has 8 nitrogen and oxygen atoms in total. The molecule has 2 fully saturated rings. The zero-order valence-electron chi connectivity index (χ0n) is 12.2. The highest BCUT2D eigenvalue weighted by Crippen LogP contribution is 2.09. The van der Waals surface area contributed by atoms with Crippen LogP contribution in [-0.4, -0.2) is 96.1 Å². The van der Waals surface area contributed by atoms with E-state index >= 15 is 0 Å². The van der Waals surface area contributed by atoms with Crippen molar-refractivity contribution in [1.29, 1.82) is 0 Å². The van der Waals surface area contributed by atoms with Gasteiger partial charge in [0.05, 0.1) is 19.8 Å². The van der Waals surface area contributed by atoms with Gasteiger partial charge < -0.3 is 19.6 Å². The van der Waals surface area contributed by atoms with Gasteiger partial charge in [0, 0.05) is 39.6 Å². The Bertz CT molecular complexity index is 420. The highest BCUT2D eigenvalue weighted by atomic mass is 16.5. The first-order valence-electron chi connectivity index (χ1n) is 7.07. The van der Waals surface area contributed by atoms with Crippen LogP contribution in [0.15, 0.2) is 0 Å². The number of rotatable bonds is 3. The Balaban J connectivity index is 1.86. The molecule has 2 saturated heterocycles. The van der Waals surface area contributed by atoms with Crippen LogP contribution in [0, 0.1) is 0 Å². The van der Waals surface area contributed by atoms with Gasteiger partial charge in [-0.15, -0.1) is 0 Å². The van der Waals surface area contributed by atoms with Crippen LogP contribution in [-0.2, 0) is 19.1 Å². The molecule has 0 radical (unpaired) electrons. The number of carboxylic acid groups (broad SMARTS) is 1. The fourth-order valence-corrected chi connectivity index (χ4v) is 2.60. The lowest BCUT2D eigenvalue weighted by Crippen LogP contribution is -2.56. The Morgan fingerprint density at radius 3 is 2.29 bits per heavy atom. The fraction of sp³-hybridized carbons (Fsp3) is 0.769. The third-order valence-electron chi connectivity index (χ3n) is 3.94. The molecular formula is C13H21N3O5. The standard InChI is InChI=1S/C13H21N3O5/c1-10(17)14-2-4-15(5-3-14)12(18)8-16-6-7-21-9-11(16)13(19)20/h11H,2-9H2,1H3,(H,19,20). The first-order chi connectivity index (χ1) is 9.99. The normalized spacial score (nSPS) is 24.0. The summed E-state index contributed by atoms with van der Waals surface area (Å²) < 4.78 is 5.15. The molecule has 0 aromatic rings. The summed E-state index contributed by atoms with van der Waals surface area (Å²) in [6, 6.07) is -0.763. The van der Waals surface area contributed by atoms with E-state index in [1.165, 1.54) is 6.92 Å². The van der Waals surface area contributed by atoms with Crippen molar-refractivity contribution < 1.29 is 24.2 Å². The summed E-state index contributed by atoms with van der Waals surface area (Å²) in [5.74, 6) is -1.04. The van der Waals surface area contributed by atoms with Crippen LogP contribution in [0.3, 0.4) is 0 Å². The molecule has 1 unspecified atom stereocenters. The van der Waals surface area contributed by atoms with Gasteiger partial charge in [0.25, 0.3) is 0 Å². The Hall–Kier alpha value is -1.67. The number of amides is 2. The predicted octanol–water partition coefficient (Wildman–Crippen LogP) is -1.54. The first-order valence-corrected chi connectivity index (χ1v) is 7.07. The lowest BCUT2D eigenvalue weighted by Gasteiger charge is -2.37. The third kappa shape index (κ3) is 3.92. The molecule has 0 bridgehead atoms. The monoisotopic (exact) mass is 299 g/mol. The minimum absolute atomic E-state index is 0.0150. The van der Waals surface area contributed by atoms with Gasteiger partial charge >= 0.3 is 5.97 Å². The molecule has 0 aromatic heterocycles. The van der Waals surface area contributed by atoms with Crippen LogP contribution < -0.4 is 0 Å².